The first kappa shape index (κ1) is 11.4. The van der Waals surface area contributed by atoms with Gasteiger partial charge < -0.3 is 4.74 Å². The maximum absolute atomic E-state index is 5.48. The summed E-state index contributed by atoms with van der Waals surface area (Å²) < 4.78 is 5.48. The minimum absolute atomic E-state index is 0.541. The average molecular weight is 220 g/mol. The zero-order valence-corrected chi connectivity index (χ0v) is 9.96. The van der Waals surface area contributed by atoms with Crippen molar-refractivity contribution in [1.82, 2.24) is 5.32 Å². The monoisotopic (exact) mass is 220 g/mol. The number of allylic oxidation sites excluding steroid dienone is 2. The molecular weight excluding hydrogens is 200 g/mol. The second-order valence-corrected chi connectivity index (χ2v) is 4.43. The second-order valence-electron chi connectivity index (χ2n) is 4.43. The predicted molar refractivity (Wildman–Crippen MR) is 66.2 cm³/mol. The molecule has 0 radical (unpaired) electrons. The summed E-state index contributed by atoms with van der Waals surface area (Å²) >= 11 is 0. The minimum Gasteiger partial charge on any atom is -0.461 e. The summed E-state index contributed by atoms with van der Waals surface area (Å²) in [6.45, 7) is 7.34. The van der Waals surface area contributed by atoms with Crippen LogP contribution >= 0.6 is 0 Å². The van der Waals surface area contributed by atoms with Crippen LogP contribution in [0, 0.1) is 5.92 Å². The SMILES string of the molecule is C=C1CNCOC1=N/C(=C\C)C1CCCC1. The molecule has 2 fully saturated rings. The normalized spacial score (nSPS) is 26.2. The first-order valence-corrected chi connectivity index (χ1v) is 6.08. The van der Waals surface area contributed by atoms with E-state index in [1.165, 1.54) is 31.4 Å². The van der Waals surface area contributed by atoms with E-state index in [1.807, 2.05) is 0 Å². The molecule has 1 saturated heterocycles. The average Bonchev–Trinajstić information content (AvgIpc) is 2.81. The van der Waals surface area contributed by atoms with Gasteiger partial charge in [0.05, 0.1) is 0 Å². The summed E-state index contributed by atoms with van der Waals surface area (Å²) in [5, 5.41) is 3.10. The van der Waals surface area contributed by atoms with Crippen LogP contribution in [0.4, 0.5) is 0 Å². The molecule has 1 N–H and O–H groups in total. The van der Waals surface area contributed by atoms with Crippen molar-refractivity contribution in [3.05, 3.63) is 23.9 Å². The van der Waals surface area contributed by atoms with Gasteiger partial charge in [0.1, 0.15) is 6.73 Å². The Bertz CT molecular complexity index is 325. The Kier molecular flexibility index (Phi) is 3.78. The van der Waals surface area contributed by atoms with E-state index in [9.17, 15) is 0 Å². The van der Waals surface area contributed by atoms with Gasteiger partial charge in [-0.15, -0.1) is 0 Å². The third-order valence-corrected chi connectivity index (χ3v) is 3.25. The summed E-state index contributed by atoms with van der Waals surface area (Å²) in [5.41, 5.74) is 2.12. The van der Waals surface area contributed by atoms with Gasteiger partial charge in [0, 0.05) is 23.7 Å². The van der Waals surface area contributed by atoms with E-state index in [0.717, 1.165) is 18.0 Å². The molecule has 1 saturated carbocycles. The summed E-state index contributed by atoms with van der Waals surface area (Å²) in [4.78, 5) is 4.63. The Morgan fingerprint density at radius 1 is 1.50 bits per heavy atom. The zero-order valence-electron chi connectivity index (χ0n) is 9.96. The van der Waals surface area contributed by atoms with Crippen LogP contribution in [0.2, 0.25) is 0 Å². The van der Waals surface area contributed by atoms with Crippen molar-refractivity contribution < 1.29 is 4.74 Å². The van der Waals surface area contributed by atoms with E-state index in [4.69, 9.17) is 4.74 Å². The molecule has 0 spiro atoms. The topological polar surface area (TPSA) is 33.6 Å². The van der Waals surface area contributed by atoms with Gasteiger partial charge in [0.15, 0.2) is 0 Å². The van der Waals surface area contributed by atoms with Gasteiger partial charge in [-0.25, -0.2) is 4.99 Å². The van der Waals surface area contributed by atoms with E-state index in [0.29, 0.717) is 12.6 Å². The lowest BCUT2D eigenvalue weighted by molar-refractivity contribution is 0.258. The second kappa shape index (κ2) is 5.30. The minimum atomic E-state index is 0.541. The van der Waals surface area contributed by atoms with Crippen LogP contribution in [-0.2, 0) is 4.74 Å². The first-order valence-electron chi connectivity index (χ1n) is 6.08. The van der Waals surface area contributed by atoms with Gasteiger partial charge in [-0.2, -0.15) is 0 Å². The Morgan fingerprint density at radius 3 is 2.88 bits per heavy atom. The van der Waals surface area contributed by atoms with Crippen LogP contribution in [0.5, 0.6) is 0 Å². The molecule has 0 amide bonds. The molecule has 1 aliphatic heterocycles. The van der Waals surface area contributed by atoms with Crippen molar-refractivity contribution in [2.24, 2.45) is 10.9 Å². The molecule has 88 valence electrons. The number of hydrogen-bond donors (Lipinski definition) is 1. The van der Waals surface area contributed by atoms with Crippen LogP contribution in [0.15, 0.2) is 28.9 Å². The van der Waals surface area contributed by atoms with Crippen LogP contribution in [0.25, 0.3) is 0 Å². The van der Waals surface area contributed by atoms with Crippen molar-refractivity contribution in [2.45, 2.75) is 32.6 Å². The van der Waals surface area contributed by atoms with Crippen LogP contribution in [-0.4, -0.2) is 19.2 Å². The summed E-state index contributed by atoms with van der Waals surface area (Å²) in [6, 6.07) is 0. The van der Waals surface area contributed by atoms with Gasteiger partial charge in [-0.05, 0) is 19.8 Å². The fourth-order valence-electron chi connectivity index (χ4n) is 2.34. The van der Waals surface area contributed by atoms with Gasteiger partial charge in [-0.3, -0.25) is 5.32 Å². The Morgan fingerprint density at radius 2 is 2.25 bits per heavy atom. The third kappa shape index (κ3) is 2.53. The molecule has 0 atom stereocenters. The maximum Gasteiger partial charge on any atom is 0.218 e. The third-order valence-electron chi connectivity index (χ3n) is 3.25. The number of nitrogens with one attached hydrogen (secondary N) is 1. The van der Waals surface area contributed by atoms with E-state index in [1.54, 1.807) is 0 Å². The molecule has 0 bridgehead atoms. The molecular formula is C13H20N2O. The highest BCUT2D eigenvalue weighted by Gasteiger charge is 2.20. The van der Waals surface area contributed by atoms with Crippen molar-refractivity contribution in [3.63, 3.8) is 0 Å². The molecule has 0 unspecified atom stereocenters. The molecule has 0 aromatic rings. The molecule has 0 aromatic carbocycles. The largest absolute Gasteiger partial charge is 0.461 e. The number of hydrogen-bond acceptors (Lipinski definition) is 3. The van der Waals surface area contributed by atoms with Gasteiger partial charge in [-0.1, -0.05) is 25.5 Å². The van der Waals surface area contributed by atoms with Crippen molar-refractivity contribution >= 4 is 5.90 Å². The highest BCUT2D eigenvalue weighted by Crippen LogP contribution is 2.32. The van der Waals surface area contributed by atoms with E-state index in [2.05, 4.69) is 29.9 Å². The predicted octanol–water partition coefficient (Wildman–Crippen LogP) is 2.61. The van der Waals surface area contributed by atoms with Crippen LogP contribution in [0.1, 0.15) is 32.6 Å². The lowest BCUT2D eigenvalue weighted by Gasteiger charge is -2.20. The van der Waals surface area contributed by atoms with E-state index >= 15 is 0 Å². The zero-order chi connectivity index (χ0) is 11.4. The number of nitrogens with zero attached hydrogens (tertiary/aromatic N) is 1. The summed E-state index contributed by atoms with van der Waals surface area (Å²) in [6.07, 6.45) is 7.30. The van der Waals surface area contributed by atoms with Crippen molar-refractivity contribution in [2.75, 3.05) is 13.3 Å². The molecule has 16 heavy (non-hydrogen) atoms. The van der Waals surface area contributed by atoms with E-state index in [-0.39, 0.29) is 0 Å². The fourth-order valence-corrected chi connectivity index (χ4v) is 2.34. The molecule has 2 rings (SSSR count). The number of aliphatic imine (C=N–C) groups is 1. The highest BCUT2D eigenvalue weighted by molar-refractivity contribution is 5.94. The summed E-state index contributed by atoms with van der Waals surface area (Å²) in [7, 11) is 0. The first-order chi connectivity index (χ1) is 7.81. The van der Waals surface area contributed by atoms with Crippen LogP contribution in [0.3, 0.4) is 0 Å². The van der Waals surface area contributed by atoms with Crippen molar-refractivity contribution in [1.29, 1.82) is 0 Å². The number of ether oxygens (including phenoxy) is 1. The standard InChI is InChI=1S/C13H20N2O/c1-3-12(11-6-4-5-7-11)15-13-10(2)8-14-9-16-13/h3,11,14H,2,4-9H2,1H3/b12-3-,15-13?. The number of rotatable bonds is 2. The highest BCUT2D eigenvalue weighted by atomic mass is 16.5. The lowest BCUT2D eigenvalue weighted by Crippen LogP contribution is -2.32. The van der Waals surface area contributed by atoms with Crippen molar-refractivity contribution in [3.8, 4) is 0 Å². The smallest absolute Gasteiger partial charge is 0.218 e. The Hall–Kier alpha value is -1.09. The van der Waals surface area contributed by atoms with Gasteiger partial charge in [0.25, 0.3) is 0 Å². The van der Waals surface area contributed by atoms with Gasteiger partial charge >= 0.3 is 0 Å². The molecule has 3 heteroatoms. The van der Waals surface area contributed by atoms with Gasteiger partial charge in [0.2, 0.25) is 5.90 Å². The maximum atomic E-state index is 5.48. The molecule has 1 aliphatic carbocycles. The van der Waals surface area contributed by atoms with E-state index < -0.39 is 0 Å². The molecule has 1 heterocycles. The Balaban J connectivity index is 2.09. The van der Waals surface area contributed by atoms with Crippen LogP contribution < -0.4 is 5.32 Å². The summed E-state index contributed by atoms with van der Waals surface area (Å²) in [5.74, 6) is 1.35. The molecule has 0 aromatic heterocycles. The quantitative estimate of drug-likeness (QED) is 0.776. The fraction of sp³-hybridized carbons (Fsp3) is 0.615. The molecule has 3 nitrogen and oxygen atoms in total. The molecule has 2 aliphatic rings. The Labute approximate surface area is 97.3 Å². The lowest BCUT2D eigenvalue weighted by atomic mass is 10.0.